The van der Waals surface area contributed by atoms with Gasteiger partial charge in [-0.25, -0.2) is 0 Å². The molecule has 4 heteroatoms. The monoisotopic (exact) mass is 201 g/mol. The third kappa shape index (κ3) is 3.27. The highest BCUT2D eigenvalue weighted by Gasteiger charge is 2.29. The molecule has 0 aromatic rings. The van der Waals surface area contributed by atoms with Crippen LogP contribution in [-0.4, -0.2) is 47.8 Å². The first-order valence-corrected chi connectivity index (χ1v) is 5.08. The number of carbonyl (C=O) groups is 1. The number of amides is 1. The number of rotatable bonds is 3. The summed E-state index contributed by atoms with van der Waals surface area (Å²) in [6.07, 6.45) is 0.989. The van der Waals surface area contributed by atoms with Crippen LogP contribution in [0, 0.1) is 0 Å². The van der Waals surface area contributed by atoms with Crippen LogP contribution in [0.3, 0.4) is 0 Å². The van der Waals surface area contributed by atoms with Gasteiger partial charge < -0.3 is 14.7 Å². The van der Waals surface area contributed by atoms with E-state index < -0.39 is 0 Å². The molecule has 1 heterocycles. The largest absolute Gasteiger partial charge is 0.396 e. The smallest absolute Gasteiger partial charge is 0.222 e. The number of morpholine rings is 1. The molecule has 0 atom stereocenters. The Morgan fingerprint density at radius 2 is 2.29 bits per heavy atom. The van der Waals surface area contributed by atoms with Crippen molar-refractivity contribution in [3.63, 3.8) is 0 Å². The van der Waals surface area contributed by atoms with Gasteiger partial charge >= 0.3 is 0 Å². The van der Waals surface area contributed by atoms with E-state index in [1.807, 2.05) is 18.7 Å². The highest BCUT2D eigenvalue weighted by molar-refractivity contribution is 5.76. The summed E-state index contributed by atoms with van der Waals surface area (Å²) in [6, 6.07) is 0. The molecule has 82 valence electrons. The van der Waals surface area contributed by atoms with Crippen LogP contribution in [-0.2, 0) is 9.53 Å². The lowest BCUT2D eigenvalue weighted by Gasteiger charge is -2.38. The van der Waals surface area contributed by atoms with Crippen LogP contribution in [0.2, 0.25) is 0 Å². The minimum Gasteiger partial charge on any atom is -0.396 e. The molecule has 0 aromatic heterocycles. The molecule has 1 saturated heterocycles. The molecule has 0 spiro atoms. The second-order valence-electron chi connectivity index (χ2n) is 4.25. The van der Waals surface area contributed by atoms with Gasteiger partial charge in [-0.05, 0) is 20.3 Å². The minimum atomic E-state index is -0.229. The molecule has 4 nitrogen and oxygen atoms in total. The van der Waals surface area contributed by atoms with Crippen LogP contribution >= 0.6 is 0 Å². The fraction of sp³-hybridized carbons (Fsp3) is 0.900. The molecule has 14 heavy (non-hydrogen) atoms. The fourth-order valence-corrected chi connectivity index (χ4v) is 1.62. The van der Waals surface area contributed by atoms with Crippen molar-refractivity contribution in [1.82, 2.24) is 4.90 Å². The molecule has 1 rings (SSSR count). The van der Waals surface area contributed by atoms with Gasteiger partial charge in [0, 0.05) is 26.1 Å². The summed E-state index contributed by atoms with van der Waals surface area (Å²) in [5, 5.41) is 8.62. The Kier molecular flexibility index (Phi) is 3.89. The third-order valence-electron chi connectivity index (χ3n) is 2.33. The molecule has 0 radical (unpaired) electrons. The summed E-state index contributed by atoms with van der Waals surface area (Å²) in [4.78, 5) is 13.4. The van der Waals surface area contributed by atoms with E-state index in [4.69, 9.17) is 9.84 Å². The number of hydrogen-bond donors (Lipinski definition) is 1. The number of ether oxygens (including phenoxy) is 1. The molecule has 1 aliphatic rings. The highest BCUT2D eigenvalue weighted by Crippen LogP contribution is 2.17. The lowest BCUT2D eigenvalue weighted by atomic mass is 10.1. The Labute approximate surface area is 84.8 Å². The zero-order valence-electron chi connectivity index (χ0n) is 8.95. The second-order valence-corrected chi connectivity index (χ2v) is 4.25. The van der Waals surface area contributed by atoms with Gasteiger partial charge in [0.15, 0.2) is 0 Å². The Morgan fingerprint density at radius 3 is 2.86 bits per heavy atom. The summed E-state index contributed by atoms with van der Waals surface area (Å²) in [6.45, 7) is 5.99. The average molecular weight is 201 g/mol. The topological polar surface area (TPSA) is 49.8 Å². The van der Waals surface area contributed by atoms with Crippen molar-refractivity contribution >= 4 is 5.91 Å². The quantitative estimate of drug-likeness (QED) is 0.719. The maximum absolute atomic E-state index is 11.6. The van der Waals surface area contributed by atoms with E-state index >= 15 is 0 Å². The van der Waals surface area contributed by atoms with Crippen LogP contribution in [0.1, 0.15) is 26.7 Å². The number of aliphatic hydroxyl groups is 1. The van der Waals surface area contributed by atoms with Crippen molar-refractivity contribution in [2.45, 2.75) is 32.3 Å². The Bertz CT molecular complexity index is 204. The van der Waals surface area contributed by atoms with Gasteiger partial charge in [0.25, 0.3) is 0 Å². The van der Waals surface area contributed by atoms with E-state index in [2.05, 4.69) is 0 Å². The maximum atomic E-state index is 11.6. The molecule has 0 saturated carbocycles. The molecule has 0 aromatic carbocycles. The van der Waals surface area contributed by atoms with Gasteiger partial charge in [-0.2, -0.15) is 0 Å². The summed E-state index contributed by atoms with van der Waals surface area (Å²) in [7, 11) is 0. The number of hydrogen-bond acceptors (Lipinski definition) is 3. The first kappa shape index (κ1) is 11.5. The third-order valence-corrected chi connectivity index (χ3v) is 2.33. The van der Waals surface area contributed by atoms with Crippen LogP contribution in [0.15, 0.2) is 0 Å². The van der Waals surface area contributed by atoms with Crippen molar-refractivity contribution < 1.29 is 14.6 Å². The summed E-state index contributed by atoms with van der Waals surface area (Å²) >= 11 is 0. The molecule has 1 aliphatic heterocycles. The predicted octanol–water partition coefficient (Wildman–Crippen LogP) is 0.396. The van der Waals surface area contributed by atoms with Gasteiger partial charge in [0.2, 0.25) is 5.91 Å². The van der Waals surface area contributed by atoms with Crippen LogP contribution in [0.5, 0.6) is 0 Å². The van der Waals surface area contributed by atoms with Crippen molar-refractivity contribution in [3.8, 4) is 0 Å². The lowest BCUT2D eigenvalue weighted by molar-refractivity contribution is -0.146. The molecule has 0 aliphatic carbocycles. The van der Waals surface area contributed by atoms with E-state index in [9.17, 15) is 4.79 Å². The second kappa shape index (κ2) is 4.75. The predicted molar refractivity (Wildman–Crippen MR) is 52.9 cm³/mol. The molecular formula is C10H19NO3. The van der Waals surface area contributed by atoms with Gasteiger partial charge in [0.05, 0.1) is 12.2 Å². The number of carbonyl (C=O) groups excluding carboxylic acids is 1. The van der Waals surface area contributed by atoms with Gasteiger partial charge in [-0.1, -0.05) is 0 Å². The first-order valence-electron chi connectivity index (χ1n) is 5.08. The van der Waals surface area contributed by atoms with Crippen LogP contribution < -0.4 is 0 Å². The molecule has 0 bridgehead atoms. The summed E-state index contributed by atoms with van der Waals surface area (Å²) < 4.78 is 5.51. The molecule has 0 unspecified atom stereocenters. The summed E-state index contributed by atoms with van der Waals surface area (Å²) in [5.74, 6) is 0.121. The van der Waals surface area contributed by atoms with Gasteiger partial charge in [-0.3, -0.25) is 4.79 Å². The lowest BCUT2D eigenvalue weighted by Crippen LogP contribution is -2.50. The molecule has 1 amide bonds. The highest BCUT2D eigenvalue weighted by atomic mass is 16.5. The average Bonchev–Trinajstić information content (AvgIpc) is 2.12. The van der Waals surface area contributed by atoms with E-state index in [0.29, 0.717) is 32.5 Å². The normalized spacial score (nSPS) is 20.9. The van der Waals surface area contributed by atoms with Crippen molar-refractivity contribution in [2.24, 2.45) is 0 Å². The Hall–Kier alpha value is -0.610. The van der Waals surface area contributed by atoms with Crippen molar-refractivity contribution in [3.05, 3.63) is 0 Å². The van der Waals surface area contributed by atoms with E-state index in [1.54, 1.807) is 0 Å². The van der Waals surface area contributed by atoms with Gasteiger partial charge in [-0.15, -0.1) is 0 Å². The van der Waals surface area contributed by atoms with E-state index in [0.717, 1.165) is 0 Å². The Morgan fingerprint density at radius 1 is 1.57 bits per heavy atom. The van der Waals surface area contributed by atoms with Crippen molar-refractivity contribution in [1.29, 1.82) is 0 Å². The van der Waals surface area contributed by atoms with Crippen molar-refractivity contribution in [2.75, 3.05) is 26.3 Å². The molecule has 1 N–H and O–H groups in total. The fourth-order valence-electron chi connectivity index (χ4n) is 1.62. The number of aliphatic hydroxyl groups excluding tert-OH is 1. The zero-order chi connectivity index (χ0) is 10.6. The SMILES string of the molecule is CC1(C)CN(C(=O)CCCO)CCO1. The standard InChI is InChI=1S/C10H19NO3/c1-10(2)8-11(5-7-14-10)9(13)4-3-6-12/h12H,3-8H2,1-2H3. The first-order chi connectivity index (χ1) is 6.55. The minimum absolute atomic E-state index is 0.0828. The van der Waals surface area contributed by atoms with Crippen LogP contribution in [0.25, 0.3) is 0 Å². The number of nitrogens with zero attached hydrogens (tertiary/aromatic N) is 1. The Balaban J connectivity index is 2.40. The molecular weight excluding hydrogens is 182 g/mol. The maximum Gasteiger partial charge on any atom is 0.222 e. The van der Waals surface area contributed by atoms with Gasteiger partial charge in [0.1, 0.15) is 0 Å². The van der Waals surface area contributed by atoms with E-state index in [-0.39, 0.29) is 18.1 Å². The van der Waals surface area contributed by atoms with Crippen LogP contribution in [0.4, 0.5) is 0 Å². The molecule has 1 fully saturated rings. The van der Waals surface area contributed by atoms with E-state index in [1.165, 1.54) is 0 Å². The summed E-state index contributed by atoms with van der Waals surface area (Å²) in [5.41, 5.74) is -0.229. The zero-order valence-corrected chi connectivity index (χ0v) is 8.95.